The van der Waals surface area contributed by atoms with Crippen LogP contribution in [0.5, 0.6) is 11.5 Å². The summed E-state index contributed by atoms with van der Waals surface area (Å²) in [4.78, 5) is 2.30. The van der Waals surface area contributed by atoms with Crippen molar-refractivity contribution in [1.29, 1.82) is 0 Å². The molecule has 0 bridgehead atoms. The molecule has 2 nitrogen and oxygen atoms in total. The highest BCUT2D eigenvalue weighted by molar-refractivity contribution is 7.25. The van der Waals surface area contributed by atoms with Crippen LogP contribution in [0.25, 0.3) is 31.3 Å². The third-order valence-electron chi connectivity index (χ3n) is 9.71. The first kappa shape index (κ1) is 25.7. The van der Waals surface area contributed by atoms with Crippen LogP contribution in [-0.2, 0) is 5.41 Å². The Hall–Kier alpha value is -5.64. The van der Waals surface area contributed by atoms with E-state index in [0.717, 1.165) is 28.6 Å². The summed E-state index contributed by atoms with van der Waals surface area (Å²) >= 11 is 1.83. The maximum Gasteiger partial charge on any atom is 0.134 e. The molecular weight excluding hydrogens is 579 g/mol. The smallest absolute Gasteiger partial charge is 0.134 e. The quantitative estimate of drug-likeness (QED) is 0.199. The van der Waals surface area contributed by atoms with E-state index in [9.17, 15) is 0 Å². The zero-order valence-corrected chi connectivity index (χ0v) is 25.7. The Morgan fingerprint density at radius 1 is 0.413 bits per heavy atom. The van der Waals surface area contributed by atoms with Gasteiger partial charge >= 0.3 is 0 Å². The number of anilines is 3. The van der Waals surface area contributed by atoms with Crippen LogP contribution in [0.2, 0.25) is 0 Å². The van der Waals surface area contributed by atoms with E-state index in [-0.39, 0.29) is 0 Å². The minimum atomic E-state index is -0.518. The molecule has 8 aromatic rings. The highest BCUT2D eigenvalue weighted by atomic mass is 32.1. The van der Waals surface area contributed by atoms with Crippen molar-refractivity contribution in [1.82, 2.24) is 0 Å². The van der Waals surface area contributed by atoms with Crippen LogP contribution < -0.4 is 9.64 Å². The lowest BCUT2D eigenvalue weighted by Crippen LogP contribution is -2.32. The first-order chi connectivity index (χ1) is 22.8. The molecule has 0 unspecified atom stereocenters. The topological polar surface area (TPSA) is 12.5 Å². The van der Waals surface area contributed by atoms with Gasteiger partial charge in [0, 0.05) is 54.4 Å². The second-order valence-corrected chi connectivity index (χ2v) is 13.2. The number of rotatable bonds is 3. The molecule has 2 aliphatic rings. The van der Waals surface area contributed by atoms with Crippen LogP contribution in [0.15, 0.2) is 164 Å². The molecule has 0 saturated heterocycles. The fourth-order valence-electron chi connectivity index (χ4n) is 7.85. The molecule has 10 rings (SSSR count). The Morgan fingerprint density at radius 2 is 1.00 bits per heavy atom. The van der Waals surface area contributed by atoms with Crippen LogP contribution in [-0.4, -0.2) is 0 Å². The summed E-state index contributed by atoms with van der Waals surface area (Å²) in [5.74, 6) is 1.80. The molecule has 0 atom stereocenters. The van der Waals surface area contributed by atoms with Crippen molar-refractivity contribution in [3.05, 3.63) is 186 Å². The average Bonchev–Trinajstić information content (AvgIpc) is 3.62. The number of nitrogens with zero attached hydrogens (tertiary/aromatic N) is 1. The van der Waals surface area contributed by atoms with Crippen LogP contribution in [0, 0.1) is 0 Å². The molecule has 2 heterocycles. The van der Waals surface area contributed by atoms with Gasteiger partial charge in [-0.3, -0.25) is 0 Å². The van der Waals surface area contributed by atoms with Crippen LogP contribution in [0.3, 0.4) is 0 Å². The molecule has 3 heteroatoms. The second kappa shape index (κ2) is 9.68. The van der Waals surface area contributed by atoms with Gasteiger partial charge in [0.15, 0.2) is 0 Å². The van der Waals surface area contributed by atoms with E-state index in [1.165, 1.54) is 53.6 Å². The van der Waals surface area contributed by atoms with Crippen LogP contribution in [0.1, 0.15) is 22.3 Å². The summed E-state index contributed by atoms with van der Waals surface area (Å²) in [5.41, 5.74) is 10.3. The number of hydrogen-bond donors (Lipinski definition) is 0. The number of fused-ring (bicyclic) bond motifs is 12. The zero-order chi connectivity index (χ0) is 30.2. The Labute approximate surface area is 271 Å². The Balaban J connectivity index is 1.29. The number of ether oxygens (including phenoxy) is 1. The standard InChI is InChI=1S/C43H27NOS/c1-3-13-28(14-4-1)44(29-15-5-2-6-16-29)30-23-24-37-39(25-30)45-40-27-42-34(33-19-9-12-22-41(33)46-42)26-38(40)43(37)35-20-10-7-17-31(35)32-18-8-11-21-36(32)43/h1-27H. The summed E-state index contributed by atoms with van der Waals surface area (Å²) in [6.45, 7) is 0. The molecule has 0 amide bonds. The minimum absolute atomic E-state index is 0.518. The van der Waals surface area contributed by atoms with Gasteiger partial charge in [-0.25, -0.2) is 0 Å². The predicted molar refractivity (Wildman–Crippen MR) is 191 cm³/mol. The van der Waals surface area contributed by atoms with Crippen molar-refractivity contribution in [2.24, 2.45) is 0 Å². The summed E-state index contributed by atoms with van der Waals surface area (Å²) in [7, 11) is 0. The highest BCUT2D eigenvalue weighted by Gasteiger charge is 2.51. The van der Waals surface area contributed by atoms with Gasteiger partial charge < -0.3 is 9.64 Å². The summed E-state index contributed by atoms with van der Waals surface area (Å²) < 4.78 is 9.57. The molecule has 216 valence electrons. The fraction of sp³-hybridized carbons (Fsp3) is 0.0233. The molecular formula is C43H27NOS. The lowest BCUT2D eigenvalue weighted by Gasteiger charge is -2.40. The highest BCUT2D eigenvalue weighted by Crippen LogP contribution is 2.63. The zero-order valence-electron chi connectivity index (χ0n) is 24.9. The van der Waals surface area contributed by atoms with E-state index >= 15 is 0 Å². The van der Waals surface area contributed by atoms with Crippen molar-refractivity contribution in [3.63, 3.8) is 0 Å². The van der Waals surface area contributed by atoms with Crippen molar-refractivity contribution in [2.75, 3.05) is 4.90 Å². The molecule has 46 heavy (non-hydrogen) atoms. The van der Waals surface area contributed by atoms with Crippen molar-refractivity contribution >= 4 is 48.6 Å². The Morgan fingerprint density at radius 3 is 1.70 bits per heavy atom. The number of thiophene rings is 1. The third kappa shape index (κ3) is 3.46. The molecule has 1 aliphatic heterocycles. The van der Waals surface area contributed by atoms with E-state index in [2.05, 4.69) is 169 Å². The maximum absolute atomic E-state index is 7.04. The lowest BCUT2D eigenvalue weighted by atomic mass is 9.66. The monoisotopic (exact) mass is 605 g/mol. The molecule has 0 N–H and O–H groups in total. The van der Waals surface area contributed by atoms with Gasteiger partial charge in [-0.15, -0.1) is 11.3 Å². The maximum atomic E-state index is 7.04. The first-order valence-corrected chi connectivity index (χ1v) is 16.5. The van der Waals surface area contributed by atoms with Gasteiger partial charge in [0.2, 0.25) is 0 Å². The Bertz CT molecular complexity index is 2380. The lowest BCUT2D eigenvalue weighted by molar-refractivity contribution is 0.437. The number of benzene rings is 7. The van der Waals surface area contributed by atoms with E-state index in [0.29, 0.717) is 0 Å². The predicted octanol–water partition coefficient (Wildman–Crippen LogP) is 12.0. The fourth-order valence-corrected chi connectivity index (χ4v) is 8.97. The van der Waals surface area contributed by atoms with Gasteiger partial charge in [0.05, 0.1) is 5.41 Å². The van der Waals surface area contributed by atoms with Gasteiger partial charge in [0.1, 0.15) is 11.5 Å². The SMILES string of the molecule is c1ccc(N(c2ccccc2)c2ccc3c(c2)Oc2cc4sc5ccccc5c4cc2C32c3ccccc3-c3ccccc32)cc1. The van der Waals surface area contributed by atoms with Crippen LogP contribution in [0.4, 0.5) is 17.1 Å². The van der Waals surface area contributed by atoms with E-state index in [4.69, 9.17) is 4.74 Å². The average molecular weight is 606 g/mol. The van der Waals surface area contributed by atoms with Crippen LogP contribution >= 0.6 is 11.3 Å². The second-order valence-electron chi connectivity index (χ2n) is 12.1. The van der Waals surface area contributed by atoms with Crippen molar-refractivity contribution in [3.8, 4) is 22.6 Å². The van der Waals surface area contributed by atoms with E-state index < -0.39 is 5.41 Å². The molecule has 0 saturated carbocycles. The minimum Gasteiger partial charge on any atom is -0.457 e. The molecule has 0 radical (unpaired) electrons. The molecule has 1 aromatic heterocycles. The summed E-state index contributed by atoms with van der Waals surface area (Å²) in [5, 5.41) is 2.58. The van der Waals surface area contributed by atoms with Gasteiger partial charge in [-0.2, -0.15) is 0 Å². The summed E-state index contributed by atoms with van der Waals surface area (Å²) in [6.07, 6.45) is 0. The normalized spacial score (nSPS) is 13.6. The van der Waals surface area contributed by atoms with E-state index in [1.54, 1.807) is 0 Å². The van der Waals surface area contributed by atoms with Gasteiger partial charge in [-0.05, 0) is 70.8 Å². The first-order valence-electron chi connectivity index (χ1n) is 15.7. The number of hydrogen-bond acceptors (Lipinski definition) is 3. The van der Waals surface area contributed by atoms with Gasteiger partial charge in [-0.1, -0.05) is 109 Å². The third-order valence-corrected chi connectivity index (χ3v) is 10.8. The molecule has 7 aromatic carbocycles. The van der Waals surface area contributed by atoms with Gasteiger partial charge in [0.25, 0.3) is 0 Å². The van der Waals surface area contributed by atoms with Crippen molar-refractivity contribution < 1.29 is 4.74 Å². The number of para-hydroxylation sites is 2. The van der Waals surface area contributed by atoms with Crippen molar-refractivity contribution in [2.45, 2.75) is 5.41 Å². The van der Waals surface area contributed by atoms with E-state index in [1.807, 2.05) is 11.3 Å². The summed E-state index contributed by atoms with van der Waals surface area (Å²) in [6, 6.07) is 59.2. The molecule has 1 aliphatic carbocycles. The largest absolute Gasteiger partial charge is 0.457 e. The Kier molecular flexibility index (Phi) is 5.40. The molecule has 0 fully saturated rings. The molecule has 1 spiro atoms.